The number of piperazine rings is 1. The maximum absolute atomic E-state index is 13.4. The molecule has 1 aromatic carbocycles. The Hall–Kier alpha value is -0.970. The SMILES string of the molecule is CCNC(CCN1CCN(C)C(C)C1)c1cccc(F)c1. The van der Waals surface area contributed by atoms with Crippen LogP contribution in [-0.4, -0.2) is 55.6 Å². The number of halogens is 1. The van der Waals surface area contributed by atoms with Crippen LogP contribution in [0.4, 0.5) is 4.39 Å². The molecule has 2 unspecified atom stereocenters. The van der Waals surface area contributed by atoms with Gasteiger partial charge in [-0.15, -0.1) is 0 Å². The van der Waals surface area contributed by atoms with Crippen LogP contribution < -0.4 is 5.32 Å². The third-order valence-electron chi connectivity index (χ3n) is 4.48. The first kappa shape index (κ1) is 16.4. The summed E-state index contributed by atoms with van der Waals surface area (Å²) in [5, 5.41) is 3.48. The standard InChI is InChI=1S/C17H28FN3/c1-4-19-17(15-6-5-7-16(18)12-15)8-9-21-11-10-20(3)14(2)13-21/h5-7,12,14,17,19H,4,8-11,13H2,1-3H3. The van der Waals surface area contributed by atoms with E-state index in [-0.39, 0.29) is 11.9 Å². The van der Waals surface area contributed by atoms with Gasteiger partial charge in [0, 0.05) is 38.3 Å². The third-order valence-corrected chi connectivity index (χ3v) is 4.48. The minimum Gasteiger partial charge on any atom is -0.310 e. The van der Waals surface area contributed by atoms with Crippen LogP contribution in [0.25, 0.3) is 0 Å². The van der Waals surface area contributed by atoms with E-state index in [4.69, 9.17) is 0 Å². The lowest BCUT2D eigenvalue weighted by Gasteiger charge is -2.38. The predicted octanol–water partition coefficient (Wildman–Crippen LogP) is 2.50. The summed E-state index contributed by atoms with van der Waals surface area (Å²) in [7, 11) is 2.19. The summed E-state index contributed by atoms with van der Waals surface area (Å²) in [4.78, 5) is 4.93. The number of nitrogens with one attached hydrogen (secondary N) is 1. The van der Waals surface area contributed by atoms with Crippen molar-refractivity contribution in [1.82, 2.24) is 15.1 Å². The molecule has 0 radical (unpaired) electrons. The fourth-order valence-electron chi connectivity index (χ4n) is 2.99. The molecule has 1 N–H and O–H groups in total. The average molecular weight is 293 g/mol. The summed E-state index contributed by atoms with van der Waals surface area (Å²) in [6, 6.07) is 7.83. The van der Waals surface area contributed by atoms with Crippen molar-refractivity contribution in [3.63, 3.8) is 0 Å². The molecule has 0 bridgehead atoms. The minimum absolute atomic E-state index is 0.149. The van der Waals surface area contributed by atoms with Crippen LogP contribution in [0.15, 0.2) is 24.3 Å². The Morgan fingerprint density at radius 2 is 2.19 bits per heavy atom. The van der Waals surface area contributed by atoms with Gasteiger partial charge in [-0.25, -0.2) is 4.39 Å². The fraction of sp³-hybridized carbons (Fsp3) is 0.647. The van der Waals surface area contributed by atoms with E-state index >= 15 is 0 Å². The summed E-state index contributed by atoms with van der Waals surface area (Å²) in [6.07, 6.45) is 1.02. The Balaban J connectivity index is 1.91. The van der Waals surface area contributed by atoms with Crippen molar-refractivity contribution in [3.8, 4) is 0 Å². The van der Waals surface area contributed by atoms with Crippen LogP contribution in [-0.2, 0) is 0 Å². The predicted molar refractivity (Wildman–Crippen MR) is 86.0 cm³/mol. The van der Waals surface area contributed by atoms with Crippen molar-refractivity contribution in [3.05, 3.63) is 35.6 Å². The van der Waals surface area contributed by atoms with Gasteiger partial charge in [0.2, 0.25) is 0 Å². The molecular weight excluding hydrogens is 265 g/mol. The van der Waals surface area contributed by atoms with Crippen LogP contribution in [0.5, 0.6) is 0 Å². The van der Waals surface area contributed by atoms with Gasteiger partial charge in [-0.1, -0.05) is 19.1 Å². The van der Waals surface area contributed by atoms with Gasteiger partial charge in [0.25, 0.3) is 0 Å². The van der Waals surface area contributed by atoms with E-state index in [1.165, 1.54) is 6.07 Å². The second-order valence-corrected chi connectivity index (χ2v) is 6.08. The van der Waals surface area contributed by atoms with Crippen LogP contribution in [0, 0.1) is 5.82 Å². The summed E-state index contributed by atoms with van der Waals surface area (Å²) in [5.74, 6) is -0.149. The number of nitrogens with zero attached hydrogens (tertiary/aromatic N) is 2. The molecule has 1 saturated heterocycles. The number of benzene rings is 1. The lowest BCUT2D eigenvalue weighted by atomic mass is 10.0. The van der Waals surface area contributed by atoms with Gasteiger partial charge in [0.05, 0.1) is 0 Å². The number of likely N-dealkylation sites (N-methyl/N-ethyl adjacent to an activating group) is 1. The Morgan fingerprint density at radius 3 is 2.86 bits per heavy atom. The molecule has 2 atom stereocenters. The lowest BCUT2D eigenvalue weighted by molar-refractivity contribution is 0.102. The largest absolute Gasteiger partial charge is 0.310 e. The smallest absolute Gasteiger partial charge is 0.123 e. The average Bonchev–Trinajstić information content (AvgIpc) is 2.47. The zero-order chi connectivity index (χ0) is 15.2. The van der Waals surface area contributed by atoms with Crippen molar-refractivity contribution in [2.75, 3.05) is 39.8 Å². The van der Waals surface area contributed by atoms with Gasteiger partial charge >= 0.3 is 0 Å². The third kappa shape index (κ3) is 4.77. The minimum atomic E-state index is -0.149. The highest BCUT2D eigenvalue weighted by Crippen LogP contribution is 2.19. The molecule has 2 rings (SSSR count). The summed E-state index contributed by atoms with van der Waals surface area (Å²) >= 11 is 0. The highest BCUT2D eigenvalue weighted by molar-refractivity contribution is 5.20. The molecule has 0 aromatic heterocycles. The molecule has 0 aliphatic carbocycles. The Labute approximate surface area is 128 Å². The van der Waals surface area contributed by atoms with Gasteiger partial charge < -0.3 is 15.1 Å². The molecule has 1 aliphatic heterocycles. The zero-order valence-corrected chi connectivity index (χ0v) is 13.5. The van der Waals surface area contributed by atoms with Gasteiger partial charge in [-0.05, 0) is 44.6 Å². The maximum Gasteiger partial charge on any atom is 0.123 e. The normalized spacial score (nSPS) is 22.4. The Morgan fingerprint density at radius 1 is 1.38 bits per heavy atom. The topological polar surface area (TPSA) is 18.5 Å². The van der Waals surface area contributed by atoms with Crippen LogP contribution >= 0.6 is 0 Å². The molecule has 1 aromatic rings. The Kier molecular flexibility index (Phi) is 6.15. The fourth-order valence-corrected chi connectivity index (χ4v) is 2.99. The first-order chi connectivity index (χ1) is 10.1. The molecule has 0 amide bonds. The van der Waals surface area contributed by atoms with Crippen molar-refractivity contribution in [1.29, 1.82) is 0 Å². The number of hydrogen-bond acceptors (Lipinski definition) is 3. The van der Waals surface area contributed by atoms with E-state index in [0.717, 1.165) is 44.7 Å². The molecule has 3 nitrogen and oxygen atoms in total. The molecule has 118 valence electrons. The lowest BCUT2D eigenvalue weighted by Crippen LogP contribution is -2.50. The first-order valence-electron chi connectivity index (χ1n) is 8.01. The molecule has 1 heterocycles. The second kappa shape index (κ2) is 7.87. The second-order valence-electron chi connectivity index (χ2n) is 6.08. The molecule has 1 fully saturated rings. The van der Waals surface area contributed by atoms with Gasteiger partial charge in [-0.2, -0.15) is 0 Å². The van der Waals surface area contributed by atoms with Crippen molar-refractivity contribution >= 4 is 0 Å². The Bertz CT molecular complexity index is 438. The highest BCUT2D eigenvalue weighted by atomic mass is 19.1. The van der Waals surface area contributed by atoms with Gasteiger partial charge in [-0.3, -0.25) is 0 Å². The summed E-state index contributed by atoms with van der Waals surface area (Å²) in [6.45, 7) is 9.73. The van der Waals surface area contributed by atoms with Gasteiger partial charge in [0.15, 0.2) is 0 Å². The number of hydrogen-bond donors (Lipinski definition) is 1. The number of rotatable bonds is 6. The van der Waals surface area contributed by atoms with Crippen LogP contribution in [0.1, 0.15) is 31.9 Å². The van der Waals surface area contributed by atoms with Crippen LogP contribution in [0.2, 0.25) is 0 Å². The molecule has 21 heavy (non-hydrogen) atoms. The molecule has 4 heteroatoms. The van der Waals surface area contributed by atoms with Crippen molar-refractivity contribution in [2.45, 2.75) is 32.4 Å². The van der Waals surface area contributed by atoms with E-state index in [1.54, 1.807) is 12.1 Å². The monoisotopic (exact) mass is 293 g/mol. The van der Waals surface area contributed by atoms with E-state index in [0.29, 0.717) is 6.04 Å². The first-order valence-corrected chi connectivity index (χ1v) is 8.01. The summed E-state index contributed by atoms with van der Waals surface area (Å²) in [5.41, 5.74) is 1.05. The summed E-state index contributed by atoms with van der Waals surface area (Å²) < 4.78 is 13.4. The highest BCUT2D eigenvalue weighted by Gasteiger charge is 2.21. The maximum atomic E-state index is 13.4. The van der Waals surface area contributed by atoms with Crippen molar-refractivity contribution in [2.24, 2.45) is 0 Å². The molecule has 0 saturated carbocycles. The van der Waals surface area contributed by atoms with Gasteiger partial charge in [0.1, 0.15) is 5.82 Å². The zero-order valence-electron chi connectivity index (χ0n) is 13.5. The van der Waals surface area contributed by atoms with E-state index in [2.05, 4.69) is 36.0 Å². The van der Waals surface area contributed by atoms with E-state index in [1.807, 2.05) is 6.07 Å². The van der Waals surface area contributed by atoms with E-state index in [9.17, 15) is 4.39 Å². The van der Waals surface area contributed by atoms with Crippen LogP contribution in [0.3, 0.4) is 0 Å². The molecule has 1 aliphatic rings. The van der Waals surface area contributed by atoms with E-state index < -0.39 is 0 Å². The molecule has 0 spiro atoms. The van der Waals surface area contributed by atoms with Crippen molar-refractivity contribution < 1.29 is 4.39 Å². The molecular formula is C17H28FN3. The quantitative estimate of drug-likeness (QED) is 0.869.